The molecule has 0 saturated carbocycles. The molecule has 0 aromatic carbocycles. The lowest BCUT2D eigenvalue weighted by atomic mass is 10.3. The van der Waals surface area contributed by atoms with Gasteiger partial charge in [-0.1, -0.05) is 13.2 Å². The Labute approximate surface area is 194 Å². The van der Waals surface area contributed by atoms with Crippen LogP contribution in [0.3, 0.4) is 0 Å². The molecule has 12 nitrogen and oxygen atoms in total. The van der Waals surface area contributed by atoms with E-state index in [0.717, 1.165) is 20.9 Å². The molecule has 0 bridgehead atoms. The first kappa shape index (κ1) is 28.5. The second-order valence-corrected chi connectivity index (χ2v) is 13.3. The first-order valence-corrected chi connectivity index (χ1v) is 14.7. The second kappa shape index (κ2) is 11.6. The minimum absolute atomic E-state index is 0.353. The van der Waals surface area contributed by atoms with Crippen molar-refractivity contribution in [1.29, 1.82) is 0 Å². The van der Waals surface area contributed by atoms with Crippen molar-refractivity contribution >= 4 is 47.2 Å². The van der Waals surface area contributed by atoms with Gasteiger partial charge in [0.15, 0.2) is 29.5 Å². The maximum atomic E-state index is 12.7. The third-order valence-corrected chi connectivity index (χ3v) is 8.43. The maximum Gasteiger partial charge on any atom is 0.229 e. The summed E-state index contributed by atoms with van der Waals surface area (Å²) in [5.41, 5.74) is 0. The summed E-state index contributed by atoms with van der Waals surface area (Å²) in [6.45, 7) is 5.42. The van der Waals surface area contributed by atoms with Gasteiger partial charge in [0.2, 0.25) is 17.7 Å². The smallest absolute Gasteiger partial charge is 0.229 e. The lowest BCUT2D eigenvalue weighted by molar-refractivity contribution is -0.141. The zero-order valence-electron chi connectivity index (χ0n) is 18.1. The highest BCUT2D eigenvalue weighted by molar-refractivity contribution is 7.94. The van der Waals surface area contributed by atoms with Crippen LogP contribution in [0, 0.1) is 0 Å². The van der Waals surface area contributed by atoms with Gasteiger partial charge in [0.1, 0.15) is 6.67 Å². The molecule has 0 radical (unpaired) electrons. The van der Waals surface area contributed by atoms with Gasteiger partial charge in [-0.3, -0.25) is 19.3 Å². The van der Waals surface area contributed by atoms with E-state index in [0.29, 0.717) is 16.2 Å². The number of nitrogens with zero attached hydrogens (tertiary/aromatic N) is 3. The van der Waals surface area contributed by atoms with E-state index in [1.807, 2.05) is 0 Å². The molecule has 1 aliphatic heterocycles. The van der Waals surface area contributed by atoms with Gasteiger partial charge in [0, 0.05) is 48.7 Å². The second-order valence-electron chi connectivity index (χ2n) is 7.14. The summed E-state index contributed by atoms with van der Waals surface area (Å²) < 4.78 is 71.0. The highest BCUT2D eigenvalue weighted by Crippen LogP contribution is 2.10. The van der Waals surface area contributed by atoms with Gasteiger partial charge in [0.25, 0.3) is 0 Å². The van der Waals surface area contributed by atoms with Crippen LogP contribution in [-0.4, -0.2) is 95.3 Å². The van der Waals surface area contributed by atoms with Gasteiger partial charge in [0.05, 0.1) is 23.9 Å². The summed E-state index contributed by atoms with van der Waals surface area (Å²) in [4.78, 5) is 40.5. The van der Waals surface area contributed by atoms with Gasteiger partial charge in [-0.2, -0.15) is 0 Å². The predicted molar refractivity (Wildman–Crippen MR) is 121 cm³/mol. The highest BCUT2D eigenvalue weighted by Gasteiger charge is 2.26. The molecule has 0 saturated heterocycles. The summed E-state index contributed by atoms with van der Waals surface area (Å²) in [5.74, 6) is -3.80. The number of carbonyl (C=O) groups is 3. The van der Waals surface area contributed by atoms with Crippen molar-refractivity contribution in [2.45, 2.75) is 19.3 Å². The molecule has 1 aliphatic rings. The summed E-state index contributed by atoms with van der Waals surface area (Å²) >= 11 is 0. The zero-order chi connectivity index (χ0) is 25.4. The summed E-state index contributed by atoms with van der Waals surface area (Å²) in [6, 6.07) is 0. The molecule has 0 fully saturated rings. The van der Waals surface area contributed by atoms with E-state index >= 15 is 0 Å². The third kappa shape index (κ3) is 9.88. The van der Waals surface area contributed by atoms with Crippen LogP contribution in [0.2, 0.25) is 0 Å². The lowest BCUT2D eigenvalue weighted by Crippen LogP contribution is -2.48. The Balaban J connectivity index is 3.27. The minimum Gasteiger partial charge on any atom is -0.328 e. The van der Waals surface area contributed by atoms with E-state index in [-0.39, 0.29) is 13.1 Å². The molecule has 1 heterocycles. The molecule has 0 atom stereocenters. The fraction of sp³-hybridized carbons (Fsp3) is 0.500. The highest BCUT2D eigenvalue weighted by atomic mass is 32.2. The normalized spacial score (nSPS) is 18.8. The van der Waals surface area contributed by atoms with Crippen LogP contribution in [0.25, 0.3) is 0 Å². The monoisotopic (exact) mass is 525 g/mol. The molecule has 186 valence electrons. The first-order chi connectivity index (χ1) is 15.1. The average Bonchev–Trinajstić information content (AvgIpc) is 2.77. The Morgan fingerprint density at radius 1 is 1.00 bits per heavy atom. The van der Waals surface area contributed by atoms with E-state index in [1.54, 1.807) is 0 Å². The number of sulfone groups is 3. The topological polar surface area (TPSA) is 163 Å². The SMILES string of the molecule is C=CS(=O)(=O)CCC(=O)N1/C=C/S(=O)(=O)CCC(=O)N(C)CN(C(=O)CCS(=O)(=O)C=C)C1. The molecular formula is C18H27N3O9S3. The fourth-order valence-corrected chi connectivity index (χ4v) is 4.69. The molecule has 0 spiro atoms. The van der Waals surface area contributed by atoms with Gasteiger partial charge >= 0.3 is 0 Å². The molecule has 15 heteroatoms. The molecule has 0 aromatic rings. The summed E-state index contributed by atoms with van der Waals surface area (Å²) in [7, 11) is -9.99. The van der Waals surface area contributed by atoms with Crippen LogP contribution in [0.15, 0.2) is 35.6 Å². The molecule has 3 amide bonds. The Morgan fingerprint density at radius 3 is 2.03 bits per heavy atom. The molecular weight excluding hydrogens is 498 g/mol. The van der Waals surface area contributed by atoms with Gasteiger partial charge in [-0.15, -0.1) is 0 Å². The van der Waals surface area contributed by atoms with Crippen molar-refractivity contribution in [1.82, 2.24) is 14.7 Å². The summed E-state index contributed by atoms with van der Waals surface area (Å²) in [5, 5.41) is 2.09. The number of hydrogen-bond acceptors (Lipinski definition) is 9. The molecule has 0 N–H and O–H groups in total. The van der Waals surface area contributed by atoms with Crippen molar-refractivity contribution in [2.24, 2.45) is 0 Å². The zero-order valence-corrected chi connectivity index (χ0v) is 20.6. The number of carbonyl (C=O) groups excluding carboxylic acids is 3. The molecule has 0 aliphatic carbocycles. The van der Waals surface area contributed by atoms with Gasteiger partial charge < -0.3 is 9.80 Å². The standard InChI is InChI=1S/C18H27N3O9S3/c1-4-31(25,26)10-7-17(23)20-9-13-33(29,30)12-6-16(22)19(3)14-21(15-20)18(24)8-11-32(27,28)5-2/h4-5,9,13H,1-2,6-8,10-12,14-15H2,3H3/b13-9+. The van der Waals surface area contributed by atoms with Gasteiger partial charge in [-0.25, -0.2) is 25.3 Å². The third-order valence-electron chi connectivity index (χ3n) is 4.56. The van der Waals surface area contributed by atoms with E-state index < -0.39 is 84.0 Å². The van der Waals surface area contributed by atoms with Crippen molar-refractivity contribution < 1.29 is 39.6 Å². The van der Waals surface area contributed by atoms with Crippen LogP contribution in [0.1, 0.15) is 19.3 Å². The van der Waals surface area contributed by atoms with Crippen molar-refractivity contribution in [2.75, 3.05) is 37.6 Å². The van der Waals surface area contributed by atoms with Crippen LogP contribution >= 0.6 is 0 Å². The lowest BCUT2D eigenvalue weighted by Gasteiger charge is -2.31. The van der Waals surface area contributed by atoms with Crippen LogP contribution < -0.4 is 0 Å². The molecule has 33 heavy (non-hydrogen) atoms. The van der Waals surface area contributed by atoms with Gasteiger partial charge in [-0.05, 0) is 0 Å². The van der Waals surface area contributed by atoms with Crippen LogP contribution in [0.4, 0.5) is 0 Å². The molecule has 0 unspecified atom stereocenters. The molecule has 1 rings (SSSR count). The number of rotatable bonds is 8. The Kier molecular flexibility index (Phi) is 9.99. The predicted octanol–water partition coefficient (Wildman–Crippen LogP) is -0.796. The average molecular weight is 526 g/mol. The van der Waals surface area contributed by atoms with Crippen LogP contribution in [-0.2, 0) is 43.9 Å². The quantitative estimate of drug-likeness (QED) is 0.395. The van der Waals surface area contributed by atoms with Crippen molar-refractivity contribution in [3.8, 4) is 0 Å². The first-order valence-electron chi connectivity index (χ1n) is 9.54. The summed E-state index contributed by atoms with van der Waals surface area (Å²) in [6.07, 6.45) is -0.484. The van der Waals surface area contributed by atoms with Crippen molar-refractivity contribution in [3.63, 3.8) is 0 Å². The Bertz CT molecular complexity index is 1140. The number of hydrogen-bond donors (Lipinski definition) is 0. The van der Waals surface area contributed by atoms with E-state index in [2.05, 4.69) is 13.2 Å². The Hall–Kier alpha value is -2.52. The number of amides is 3. The van der Waals surface area contributed by atoms with E-state index in [9.17, 15) is 39.6 Å². The minimum atomic E-state index is -3.89. The largest absolute Gasteiger partial charge is 0.328 e. The fourth-order valence-electron chi connectivity index (χ4n) is 2.51. The van der Waals surface area contributed by atoms with E-state index in [1.165, 1.54) is 7.05 Å². The maximum absolute atomic E-state index is 12.7. The van der Waals surface area contributed by atoms with Crippen molar-refractivity contribution in [3.05, 3.63) is 35.6 Å². The molecule has 0 aromatic heterocycles. The van der Waals surface area contributed by atoms with Crippen LogP contribution in [0.5, 0.6) is 0 Å². The van der Waals surface area contributed by atoms with E-state index in [4.69, 9.17) is 0 Å². The Morgan fingerprint density at radius 2 is 1.52 bits per heavy atom.